The maximum absolute atomic E-state index is 13.8. The van der Waals surface area contributed by atoms with Crippen molar-refractivity contribution < 1.29 is 19.1 Å². The summed E-state index contributed by atoms with van der Waals surface area (Å²) in [6, 6.07) is 25.7. The molecule has 6 aromatic rings. The van der Waals surface area contributed by atoms with Gasteiger partial charge in [0.05, 0.1) is 33.7 Å². The van der Waals surface area contributed by atoms with Crippen LogP contribution in [0.2, 0.25) is 0 Å². The quantitative estimate of drug-likeness (QED) is 0.302. The maximum atomic E-state index is 13.8. The first-order valence-electron chi connectivity index (χ1n) is 14.4. The lowest BCUT2D eigenvalue weighted by Crippen LogP contribution is -2.53. The fraction of sp³-hybridized carbons (Fsp3) is 0.235. The number of ether oxygens (including phenoxy) is 2. The molecule has 3 aliphatic heterocycles. The summed E-state index contributed by atoms with van der Waals surface area (Å²) in [5.74, 6) is -0.0971. The zero-order valence-electron chi connectivity index (χ0n) is 23.2. The number of aromatic nitrogens is 2. The Bertz CT molecular complexity index is 2130. The molecule has 2 amide bonds. The molecule has 0 radical (unpaired) electrons. The SMILES string of the molecule is COC1C(N(C)C(=O)c2ccccc2)CC2OC1n1c3ccccc3c3c4c(c5c6ccccc6n2c5c31)C(=O)NC4. The molecule has 1 N–H and O–H groups in total. The van der Waals surface area contributed by atoms with Gasteiger partial charge in [-0.2, -0.15) is 0 Å². The van der Waals surface area contributed by atoms with E-state index in [1.54, 1.807) is 7.11 Å². The summed E-state index contributed by atoms with van der Waals surface area (Å²) in [6.07, 6.45) is -0.788. The van der Waals surface area contributed by atoms with Crippen LogP contribution in [-0.2, 0) is 16.0 Å². The number of para-hydroxylation sites is 2. The predicted molar refractivity (Wildman–Crippen MR) is 161 cm³/mol. The van der Waals surface area contributed by atoms with Gasteiger partial charge in [0.2, 0.25) is 0 Å². The second-order valence-corrected chi connectivity index (χ2v) is 11.5. The van der Waals surface area contributed by atoms with E-state index < -0.39 is 12.3 Å². The molecule has 0 spiro atoms. The Morgan fingerprint density at radius 3 is 2.29 bits per heavy atom. The lowest BCUT2D eigenvalue weighted by molar-refractivity contribution is -0.203. The van der Waals surface area contributed by atoms with Crippen molar-refractivity contribution in [3.63, 3.8) is 0 Å². The molecule has 1 saturated heterocycles. The minimum absolute atomic E-state index is 0.0411. The van der Waals surface area contributed by atoms with Crippen molar-refractivity contribution in [3.8, 4) is 0 Å². The molecular weight excluding hydrogens is 528 g/mol. The van der Waals surface area contributed by atoms with Crippen molar-refractivity contribution >= 4 is 55.4 Å². The molecule has 42 heavy (non-hydrogen) atoms. The van der Waals surface area contributed by atoms with Crippen LogP contribution < -0.4 is 5.32 Å². The largest absolute Gasteiger partial charge is 0.375 e. The normalized spacial score (nSPS) is 22.7. The molecule has 5 heterocycles. The van der Waals surface area contributed by atoms with Crippen LogP contribution >= 0.6 is 0 Å². The summed E-state index contributed by atoms with van der Waals surface area (Å²) in [4.78, 5) is 29.1. The fourth-order valence-corrected chi connectivity index (χ4v) is 7.86. The van der Waals surface area contributed by atoms with Gasteiger partial charge in [-0.25, -0.2) is 0 Å². The number of benzene rings is 4. The molecule has 0 saturated carbocycles. The molecule has 3 aliphatic rings. The Kier molecular flexibility index (Phi) is 4.82. The summed E-state index contributed by atoms with van der Waals surface area (Å²) in [6.45, 7) is 0.480. The van der Waals surface area contributed by atoms with Crippen LogP contribution in [0, 0.1) is 0 Å². The summed E-state index contributed by atoms with van der Waals surface area (Å²) in [7, 11) is 3.56. The van der Waals surface area contributed by atoms with Crippen LogP contribution in [0.15, 0.2) is 78.9 Å². The first-order chi connectivity index (χ1) is 20.6. The number of nitrogens with zero attached hydrogens (tertiary/aromatic N) is 3. The van der Waals surface area contributed by atoms with Crippen LogP contribution in [0.5, 0.6) is 0 Å². The van der Waals surface area contributed by atoms with Gasteiger partial charge >= 0.3 is 0 Å². The third-order valence-electron chi connectivity index (χ3n) is 9.60. The number of carbonyl (C=O) groups excluding carboxylic acids is 2. The number of amides is 2. The molecule has 4 atom stereocenters. The molecule has 0 aliphatic carbocycles. The van der Waals surface area contributed by atoms with Crippen molar-refractivity contribution in [1.82, 2.24) is 19.4 Å². The van der Waals surface area contributed by atoms with Gasteiger partial charge in [0.25, 0.3) is 11.8 Å². The maximum Gasteiger partial charge on any atom is 0.253 e. The highest BCUT2D eigenvalue weighted by atomic mass is 16.6. The van der Waals surface area contributed by atoms with Gasteiger partial charge in [-0.3, -0.25) is 9.59 Å². The first kappa shape index (κ1) is 24.0. The Morgan fingerprint density at radius 2 is 1.55 bits per heavy atom. The topological polar surface area (TPSA) is 77.7 Å². The third kappa shape index (κ3) is 2.88. The Balaban J connectivity index is 1.40. The van der Waals surface area contributed by atoms with Crippen LogP contribution in [0.4, 0.5) is 0 Å². The smallest absolute Gasteiger partial charge is 0.253 e. The molecule has 8 nitrogen and oxygen atoms in total. The van der Waals surface area contributed by atoms with Gasteiger partial charge in [-0.15, -0.1) is 0 Å². The molecule has 2 aromatic heterocycles. The summed E-state index contributed by atoms with van der Waals surface area (Å²) in [5.41, 5.74) is 6.49. The van der Waals surface area contributed by atoms with Crippen molar-refractivity contribution in [2.75, 3.05) is 14.2 Å². The lowest BCUT2D eigenvalue weighted by Gasteiger charge is -2.44. The second-order valence-electron chi connectivity index (χ2n) is 11.5. The lowest BCUT2D eigenvalue weighted by atomic mass is 9.97. The van der Waals surface area contributed by atoms with Gasteiger partial charge in [-0.1, -0.05) is 54.6 Å². The van der Waals surface area contributed by atoms with Gasteiger partial charge in [0.15, 0.2) is 6.23 Å². The number of hydrogen-bond acceptors (Lipinski definition) is 4. The average molecular weight is 557 g/mol. The monoisotopic (exact) mass is 556 g/mol. The van der Waals surface area contributed by atoms with Crippen molar-refractivity contribution in [3.05, 3.63) is 95.6 Å². The second kappa shape index (κ2) is 8.44. The number of carbonyl (C=O) groups is 2. The fourth-order valence-electron chi connectivity index (χ4n) is 7.86. The highest BCUT2D eigenvalue weighted by Gasteiger charge is 2.48. The zero-order valence-corrected chi connectivity index (χ0v) is 23.2. The van der Waals surface area contributed by atoms with E-state index in [0.717, 1.165) is 54.7 Å². The third-order valence-corrected chi connectivity index (χ3v) is 9.60. The van der Waals surface area contributed by atoms with Crippen LogP contribution in [0.1, 0.15) is 45.2 Å². The number of hydrogen-bond donors (Lipinski definition) is 1. The minimum Gasteiger partial charge on any atom is -0.375 e. The molecule has 208 valence electrons. The minimum atomic E-state index is -0.503. The summed E-state index contributed by atoms with van der Waals surface area (Å²) >= 11 is 0. The van der Waals surface area contributed by atoms with E-state index in [4.69, 9.17) is 9.47 Å². The van der Waals surface area contributed by atoms with E-state index >= 15 is 0 Å². The Labute approximate surface area is 241 Å². The van der Waals surface area contributed by atoms with Crippen molar-refractivity contribution in [2.24, 2.45) is 0 Å². The molecule has 9 rings (SSSR count). The number of nitrogens with one attached hydrogen (secondary N) is 1. The molecule has 8 heteroatoms. The van der Waals surface area contributed by atoms with Gasteiger partial charge in [0, 0.05) is 54.2 Å². The zero-order chi connectivity index (χ0) is 28.3. The van der Waals surface area contributed by atoms with Gasteiger partial charge in [-0.05, 0) is 29.8 Å². The molecule has 2 bridgehead atoms. The van der Waals surface area contributed by atoms with E-state index in [2.05, 4.69) is 38.7 Å². The number of methoxy groups -OCH3 is 1. The van der Waals surface area contributed by atoms with Crippen molar-refractivity contribution in [1.29, 1.82) is 0 Å². The Morgan fingerprint density at radius 1 is 0.905 bits per heavy atom. The average Bonchev–Trinajstić information content (AvgIpc) is 3.67. The van der Waals surface area contributed by atoms with Crippen LogP contribution in [-0.4, -0.2) is 52.2 Å². The van der Waals surface area contributed by atoms with Crippen LogP contribution in [0.25, 0.3) is 43.6 Å². The van der Waals surface area contributed by atoms with Crippen molar-refractivity contribution in [2.45, 2.75) is 37.6 Å². The van der Waals surface area contributed by atoms with Gasteiger partial charge < -0.3 is 28.8 Å². The predicted octanol–water partition coefficient (Wildman–Crippen LogP) is 5.73. The molecule has 4 unspecified atom stereocenters. The molecule has 1 fully saturated rings. The highest BCUT2D eigenvalue weighted by molar-refractivity contribution is 6.30. The van der Waals surface area contributed by atoms with Gasteiger partial charge in [0.1, 0.15) is 12.3 Å². The summed E-state index contributed by atoms with van der Waals surface area (Å²) in [5, 5.41) is 7.26. The number of fused-ring (bicyclic) bond motifs is 13. The van der Waals surface area contributed by atoms with Crippen LogP contribution in [0.3, 0.4) is 0 Å². The molecular formula is C34H28N4O4. The molecule has 4 aromatic carbocycles. The Hall–Kier alpha value is -4.66. The number of likely N-dealkylation sites (N-methyl/N-ethyl adjacent to an activating group) is 1. The standard InChI is InChI=1S/C34H28N4O4/c1-36(33(40)18-10-4-3-5-11-18)24-16-25-37-22-14-8-7-13-20(22)27-28-21(17-35-32(28)39)26-19-12-6-9-15-23(19)38(29(26)30(27)37)34(42-25)31(24)41-2/h3-15,24-25,31,34H,16-17H2,1-2H3,(H,35,39). The first-order valence-corrected chi connectivity index (χ1v) is 14.4. The van der Waals surface area contributed by atoms with E-state index in [-0.39, 0.29) is 24.1 Å². The van der Waals surface area contributed by atoms with E-state index in [1.807, 2.05) is 66.5 Å². The summed E-state index contributed by atoms with van der Waals surface area (Å²) < 4.78 is 17.8. The van der Waals surface area contributed by atoms with E-state index in [0.29, 0.717) is 18.5 Å². The van der Waals surface area contributed by atoms with E-state index in [9.17, 15) is 9.59 Å². The highest BCUT2D eigenvalue weighted by Crippen LogP contribution is 2.52. The van der Waals surface area contributed by atoms with E-state index in [1.165, 1.54) is 0 Å². The number of rotatable bonds is 3.